The maximum Gasteiger partial charge on any atom is 0.221 e. The van der Waals surface area contributed by atoms with Crippen LogP contribution in [-0.4, -0.2) is 25.0 Å². The number of anilines is 2. The summed E-state index contributed by atoms with van der Waals surface area (Å²) >= 11 is 0. The molecule has 0 atom stereocenters. The lowest BCUT2D eigenvalue weighted by atomic mass is 10.3. The van der Waals surface area contributed by atoms with Crippen LogP contribution in [0, 0.1) is 0 Å². The Balaban J connectivity index is 1.81. The molecule has 6 nitrogen and oxygen atoms in total. The molecule has 2 rings (SSSR count). The van der Waals surface area contributed by atoms with Crippen LogP contribution in [0.2, 0.25) is 0 Å². The lowest BCUT2D eigenvalue weighted by Gasteiger charge is -2.13. The maximum atomic E-state index is 11.2. The van der Waals surface area contributed by atoms with Crippen molar-refractivity contribution < 1.29 is 19.1 Å². The van der Waals surface area contributed by atoms with Gasteiger partial charge in [-0.1, -0.05) is 24.3 Å². The van der Waals surface area contributed by atoms with E-state index in [-0.39, 0.29) is 11.8 Å². The number of hydrogen-bond acceptors (Lipinski definition) is 4. The van der Waals surface area contributed by atoms with Gasteiger partial charge in [-0.25, -0.2) is 0 Å². The Bertz CT molecular complexity index is 669. The van der Waals surface area contributed by atoms with Gasteiger partial charge in [0.1, 0.15) is 11.5 Å². The summed E-state index contributed by atoms with van der Waals surface area (Å²) in [5.74, 6) is 0.954. The zero-order valence-electron chi connectivity index (χ0n) is 14.4. The lowest BCUT2D eigenvalue weighted by Crippen LogP contribution is -2.11. The Morgan fingerprint density at radius 3 is 1.56 bits per heavy atom. The summed E-state index contributed by atoms with van der Waals surface area (Å²) in [4.78, 5) is 22.4. The smallest absolute Gasteiger partial charge is 0.221 e. The van der Waals surface area contributed by atoms with E-state index in [1.165, 1.54) is 13.8 Å². The van der Waals surface area contributed by atoms with Gasteiger partial charge in [0.2, 0.25) is 11.8 Å². The number of nitrogens with one attached hydrogen (secondary N) is 2. The highest BCUT2D eigenvalue weighted by molar-refractivity contribution is 5.90. The molecule has 25 heavy (non-hydrogen) atoms. The van der Waals surface area contributed by atoms with Crippen LogP contribution < -0.4 is 20.1 Å². The molecule has 6 heteroatoms. The number of amides is 2. The van der Waals surface area contributed by atoms with E-state index in [0.29, 0.717) is 42.5 Å². The van der Waals surface area contributed by atoms with Crippen molar-refractivity contribution >= 4 is 23.2 Å². The highest BCUT2D eigenvalue weighted by Crippen LogP contribution is 2.25. The molecular weight excluding hydrogens is 320 g/mol. The van der Waals surface area contributed by atoms with Gasteiger partial charge in [0.05, 0.1) is 24.6 Å². The van der Waals surface area contributed by atoms with Crippen molar-refractivity contribution in [1.29, 1.82) is 0 Å². The van der Waals surface area contributed by atoms with Gasteiger partial charge in [-0.2, -0.15) is 0 Å². The Morgan fingerprint density at radius 1 is 0.760 bits per heavy atom. The minimum Gasteiger partial charge on any atom is -0.491 e. The zero-order valence-corrected chi connectivity index (χ0v) is 14.4. The van der Waals surface area contributed by atoms with Gasteiger partial charge in [-0.05, 0) is 24.3 Å². The summed E-state index contributed by atoms with van der Waals surface area (Å²) in [7, 11) is 0. The van der Waals surface area contributed by atoms with Gasteiger partial charge in [0.15, 0.2) is 0 Å². The monoisotopic (exact) mass is 342 g/mol. The minimum absolute atomic E-state index is 0.144. The van der Waals surface area contributed by atoms with Crippen LogP contribution >= 0.6 is 0 Å². The standard InChI is InChI=1S/C19H22N2O4/c1-14(22)20-16-8-3-5-10-18(16)24-12-7-13-25-19-11-6-4-9-17(19)21-15(2)23/h3-6,8-11H,7,12-13H2,1-2H3,(H,20,22)(H,21,23). The molecule has 2 amide bonds. The number of carbonyl (C=O) groups excluding carboxylic acids is 2. The molecule has 0 aromatic heterocycles. The van der Waals surface area contributed by atoms with Crippen LogP contribution in [-0.2, 0) is 9.59 Å². The van der Waals surface area contributed by atoms with Gasteiger partial charge < -0.3 is 20.1 Å². The van der Waals surface area contributed by atoms with Crippen molar-refractivity contribution in [3.05, 3.63) is 48.5 Å². The minimum atomic E-state index is -0.144. The molecule has 0 radical (unpaired) electrons. The molecule has 2 aromatic rings. The van der Waals surface area contributed by atoms with Crippen LogP contribution in [0.15, 0.2) is 48.5 Å². The number of rotatable bonds is 8. The van der Waals surface area contributed by atoms with E-state index in [1.54, 1.807) is 24.3 Å². The van der Waals surface area contributed by atoms with Crippen molar-refractivity contribution in [2.75, 3.05) is 23.8 Å². The SMILES string of the molecule is CC(=O)Nc1ccccc1OCCCOc1ccccc1NC(C)=O. The van der Waals surface area contributed by atoms with Crippen molar-refractivity contribution in [3.8, 4) is 11.5 Å². The van der Waals surface area contributed by atoms with Crippen LogP contribution in [0.1, 0.15) is 20.3 Å². The Labute approximate surface area is 147 Å². The Kier molecular flexibility index (Phi) is 6.83. The molecule has 2 aromatic carbocycles. The molecule has 0 fully saturated rings. The van der Waals surface area contributed by atoms with E-state index in [2.05, 4.69) is 10.6 Å². The fraction of sp³-hybridized carbons (Fsp3) is 0.263. The van der Waals surface area contributed by atoms with E-state index >= 15 is 0 Å². The Morgan fingerprint density at radius 2 is 1.16 bits per heavy atom. The number of hydrogen-bond donors (Lipinski definition) is 2. The summed E-state index contributed by atoms with van der Waals surface area (Å²) < 4.78 is 11.4. The lowest BCUT2D eigenvalue weighted by molar-refractivity contribution is -0.115. The molecule has 132 valence electrons. The molecule has 2 N–H and O–H groups in total. The van der Waals surface area contributed by atoms with Crippen molar-refractivity contribution in [2.24, 2.45) is 0 Å². The van der Waals surface area contributed by atoms with E-state index < -0.39 is 0 Å². The molecule has 0 unspecified atom stereocenters. The molecular formula is C19H22N2O4. The molecule has 0 aliphatic rings. The molecule has 0 aliphatic carbocycles. The topological polar surface area (TPSA) is 76.7 Å². The quantitative estimate of drug-likeness (QED) is 0.721. The first-order valence-corrected chi connectivity index (χ1v) is 8.05. The first kappa shape index (κ1) is 18.3. The van der Waals surface area contributed by atoms with Crippen molar-refractivity contribution in [1.82, 2.24) is 0 Å². The van der Waals surface area contributed by atoms with Gasteiger partial charge >= 0.3 is 0 Å². The van der Waals surface area contributed by atoms with Gasteiger partial charge in [-0.15, -0.1) is 0 Å². The number of ether oxygens (including phenoxy) is 2. The third kappa shape index (κ3) is 6.18. The van der Waals surface area contributed by atoms with Gasteiger partial charge in [-0.3, -0.25) is 9.59 Å². The highest BCUT2D eigenvalue weighted by atomic mass is 16.5. The molecule has 0 bridgehead atoms. The van der Waals surface area contributed by atoms with E-state index in [4.69, 9.17) is 9.47 Å². The fourth-order valence-corrected chi connectivity index (χ4v) is 2.19. The first-order chi connectivity index (χ1) is 12.1. The first-order valence-electron chi connectivity index (χ1n) is 8.05. The van der Waals surface area contributed by atoms with Crippen LogP contribution in [0.5, 0.6) is 11.5 Å². The molecule has 0 saturated heterocycles. The van der Waals surface area contributed by atoms with E-state index in [0.717, 1.165) is 0 Å². The number of para-hydroxylation sites is 4. The predicted octanol–water partition coefficient (Wildman–Crippen LogP) is 3.45. The zero-order chi connectivity index (χ0) is 18.1. The summed E-state index contributed by atoms with van der Waals surface area (Å²) in [6.45, 7) is 3.80. The van der Waals surface area contributed by atoms with Gasteiger partial charge in [0, 0.05) is 20.3 Å². The van der Waals surface area contributed by atoms with Gasteiger partial charge in [0.25, 0.3) is 0 Å². The number of benzene rings is 2. The third-order valence-corrected chi connectivity index (χ3v) is 3.20. The highest BCUT2D eigenvalue weighted by Gasteiger charge is 2.06. The van der Waals surface area contributed by atoms with Crippen LogP contribution in [0.4, 0.5) is 11.4 Å². The average molecular weight is 342 g/mol. The van der Waals surface area contributed by atoms with E-state index in [1.807, 2.05) is 24.3 Å². The second-order valence-electron chi connectivity index (χ2n) is 5.41. The predicted molar refractivity (Wildman–Crippen MR) is 97.1 cm³/mol. The second kappa shape index (κ2) is 9.32. The van der Waals surface area contributed by atoms with E-state index in [9.17, 15) is 9.59 Å². The fourth-order valence-electron chi connectivity index (χ4n) is 2.19. The molecule has 0 heterocycles. The van der Waals surface area contributed by atoms with Crippen LogP contribution in [0.25, 0.3) is 0 Å². The Hall–Kier alpha value is -3.02. The molecule has 0 aliphatic heterocycles. The van der Waals surface area contributed by atoms with Crippen molar-refractivity contribution in [2.45, 2.75) is 20.3 Å². The number of carbonyl (C=O) groups is 2. The van der Waals surface area contributed by atoms with Crippen LogP contribution in [0.3, 0.4) is 0 Å². The third-order valence-electron chi connectivity index (χ3n) is 3.20. The molecule has 0 saturated carbocycles. The summed E-state index contributed by atoms with van der Waals surface area (Å²) in [5.41, 5.74) is 1.29. The summed E-state index contributed by atoms with van der Waals surface area (Å²) in [6, 6.07) is 14.5. The molecule has 0 spiro atoms. The normalized spacial score (nSPS) is 10.0. The summed E-state index contributed by atoms with van der Waals surface area (Å²) in [6.07, 6.45) is 0.656. The van der Waals surface area contributed by atoms with Crippen molar-refractivity contribution in [3.63, 3.8) is 0 Å². The second-order valence-corrected chi connectivity index (χ2v) is 5.41. The largest absolute Gasteiger partial charge is 0.491 e. The summed E-state index contributed by atoms with van der Waals surface area (Å²) in [5, 5.41) is 5.46. The average Bonchev–Trinajstić information content (AvgIpc) is 2.56. The maximum absolute atomic E-state index is 11.2.